The SMILES string of the molecule is CCCOCCOc1cccc(Br)c1C(=O)O. The molecule has 94 valence electrons. The molecule has 0 atom stereocenters. The first-order chi connectivity index (χ1) is 8.16. The zero-order chi connectivity index (χ0) is 12.7. The summed E-state index contributed by atoms with van der Waals surface area (Å²) in [5.41, 5.74) is 0.142. The summed E-state index contributed by atoms with van der Waals surface area (Å²) in [7, 11) is 0. The smallest absolute Gasteiger partial charge is 0.340 e. The van der Waals surface area contributed by atoms with Crippen molar-refractivity contribution in [3.63, 3.8) is 0 Å². The van der Waals surface area contributed by atoms with Crippen molar-refractivity contribution in [2.45, 2.75) is 13.3 Å². The van der Waals surface area contributed by atoms with Gasteiger partial charge in [-0.25, -0.2) is 4.79 Å². The van der Waals surface area contributed by atoms with E-state index in [1.54, 1.807) is 18.2 Å². The van der Waals surface area contributed by atoms with Crippen LogP contribution in [0.2, 0.25) is 0 Å². The number of rotatable bonds is 7. The average Bonchev–Trinajstić information content (AvgIpc) is 2.28. The highest BCUT2D eigenvalue weighted by molar-refractivity contribution is 9.10. The van der Waals surface area contributed by atoms with Crippen LogP contribution < -0.4 is 4.74 Å². The van der Waals surface area contributed by atoms with Gasteiger partial charge in [0.2, 0.25) is 0 Å². The lowest BCUT2D eigenvalue weighted by molar-refractivity contribution is 0.0684. The molecule has 0 spiro atoms. The zero-order valence-electron chi connectivity index (χ0n) is 9.61. The maximum absolute atomic E-state index is 11.0. The molecule has 5 heteroatoms. The zero-order valence-corrected chi connectivity index (χ0v) is 11.2. The van der Waals surface area contributed by atoms with E-state index in [2.05, 4.69) is 15.9 Å². The fraction of sp³-hybridized carbons (Fsp3) is 0.417. The number of halogens is 1. The van der Waals surface area contributed by atoms with E-state index in [4.69, 9.17) is 14.6 Å². The van der Waals surface area contributed by atoms with E-state index in [1.807, 2.05) is 6.92 Å². The van der Waals surface area contributed by atoms with Gasteiger partial charge in [-0.1, -0.05) is 13.0 Å². The van der Waals surface area contributed by atoms with Gasteiger partial charge in [-0.3, -0.25) is 0 Å². The Balaban J connectivity index is 2.58. The topological polar surface area (TPSA) is 55.8 Å². The van der Waals surface area contributed by atoms with Crippen LogP contribution in [0.15, 0.2) is 22.7 Å². The van der Waals surface area contributed by atoms with E-state index in [0.717, 1.165) is 6.42 Å². The molecule has 0 radical (unpaired) electrons. The molecule has 0 fully saturated rings. The molecule has 0 aliphatic rings. The lowest BCUT2D eigenvalue weighted by Crippen LogP contribution is -2.10. The predicted octanol–water partition coefficient (Wildman–Crippen LogP) is 2.95. The molecule has 0 heterocycles. The highest BCUT2D eigenvalue weighted by Crippen LogP contribution is 2.26. The number of carboxylic acids is 1. The number of aromatic carboxylic acids is 1. The predicted molar refractivity (Wildman–Crippen MR) is 67.7 cm³/mol. The third-order valence-electron chi connectivity index (χ3n) is 2.02. The quantitative estimate of drug-likeness (QED) is 0.787. The van der Waals surface area contributed by atoms with Gasteiger partial charge < -0.3 is 14.6 Å². The number of hydrogen-bond acceptors (Lipinski definition) is 3. The van der Waals surface area contributed by atoms with Crippen LogP contribution >= 0.6 is 15.9 Å². The minimum absolute atomic E-state index is 0.142. The van der Waals surface area contributed by atoms with Crippen molar-refractivity contribution < 1.29 is 19.4 Å². The summed E-state index contributed by atoms with van der Waals surface area (Å²) >= 11 is 3.19. The Morgan fingerprint density at radius 3 is 2.76 bits per heavy atom. The highest BCUT2D eigenvalue weighted by atomic mass is 79.9. The van der Waals surface area contributed by atoms with Crippen LogP contribution in [0.5, 0.6) is 5.75 Å². The molecule has 0 amide bonds. The van der Waals surface area contributed by atoms with E-state index < -0.39 is 5.97 Å². The summed E-state index contributed by atoms with van der Waals surface area (Å²) in [5, 5.41) is 9.05. The second-order valence-corrected chi connectivity index (χ2v) is 4.23. The fourth-order valence-corrected chi connectivity index (χ4v) is 1.81. The molecule has 4 nitrogen and oxygen atoms in total. The van der Waals surface area contributed by atoms with Crippen LogP contribution in [0.4, 0.5) is 0 Å². The number of carboxylic acid groups (broad SMARTS) is 1. The minimum atomic E-state index is -1.01. The number of benzene rings is 1. The molecule has 0 aliphatic heterocycles. The Hall–Kier alpha value is -1.07. The first-order valence-corrected chi connectivity index (χ1v) is 6.18. The molecule has 1 rings (SSSR count). The van der Waals surface area contributed by atoms with Crippen LogP contribution in [0, 0.1) is 0 Å². The standard InChI is InChI=1S/C12H15BrO4/c1-2-6-16-7-8-17-10-5-3-4-9(13)11(10)12(14)15/h3-5H,2,6-8H2,1H3,(H,14,15). The largest absolute Gasteiger partial charge is 0.490 e. The third kappa shape index (κ3) is 4.36. The lowest BCUT2D eigenvalue weighted by Gasteiger charge is -2.10. The average molecular weight is 303 g/mol. The molecule has 1 aromatic carbocycles. The van der Waals surface area contributed by atoms with Gasteiger partial charge in [0, 0.05) is 11.1 Å². The molecule has 0 saturated heterocycles. The Labute approximate surface area is 109 Å². The molecule has 1 N–H and O–H groups in total. The van der Waals surface area contributed by atoms with Gasteiger partial charge in [0.15, 0.2) is 0 Å². The molecule has 0 saturated carbocycles. The van der Waals surface area contributed by atoms with Crippen molar-refractivity contribution in [3.8, 4) is 5.75 Å². The monoisotopic (exact) mass is 302 g/mol. The number of hydrogen-bond donors (Lipinski definition) is 1. The maximum Gasteiger partial charge on any atom is 0.340 e. The van der Waals surface area contributed by atoms with Crippen LogP contribution in [-0.4, -0.2) is 30.9 Å². The maximum atomic E-state index is 11.0. The fourth-order valence-electron chi connectivity index (χ4n) is 1.29. The minimum Gasteiger partial charge on any atom is -0.490 e. The molecular formula is C12H15BrO4. The lowest BCUT2D eigenvalue weighted by atomic mass is 10.2. The van der Waals surface area contributed by atoms with Crippen molar-refractivity contribution in [1.29, 1.82) is 0 Å². The van der Waals surface area contributed by atoms with Gasteiger partial charge in [-0.2, -0.15) is 0 Å². The summed E-state index contributed by atoms with van der Waals surface area (Å²) in [6.07, 6.45) is 0.956. The van der Waals surface area contributed by atoms with E-state index in [9.17, 15) is 4.79 Å². The van der Waals surface area contributed by atoms with Crippen molar-refractivity contribution in [3.05, 3.63) is 28.2 Å². The van der Waals surface area contributed by atoms with Crippen molar-refractivity contribution in [2.75, 3.05) is 19.8 Å². The summed E-state index contributed by atoms with van der Waals surface area (Å²) in [5.74, 6) is -0.658. The molecule has 0 aliphatic carbocycles. The van der Waals surface area contributed by atoms with Gasteiger partial charge in [0.05, 0.1) is 6.61 Å². The summed E-state index contributed by atoms with van der Waals surface area (Å²) in [6, 6.07) is 5.04. The highest BCUT2D eigenvalue weighted by Gasteiger charge is 2.14. The van der Waals surface area contributed by atoms with Gasteiger partial charge in [0.25, 0.3) is 0 Å². The van der Waals surface area contributed by atoms with E-state index in [-0.39, 0.29) is 5.56 Å². The second kappa shape index (κ2) is 7.29. The molecular weight excluding hydrogens is 288 g/mol. The molecule has 1 aromatic rings. The molecule has 17 heavy (non-hydrogen) atoms. The van der Waals surface area contributed by atoms with E-state index in [0.29, 0.717) is 30.0 Å². The van der Waals surface area contributed by atoms with Gasteiger partial charge in [-0.15, -0.1) is 0 Å². The second-order valence-electron chi connectivity index (χ2n) is 3.38. The van der Waals surface area contributed by atoms with Crippen molar-refractivity contribution in [2.24, 2.45) is 0 Å². The van der Waals surface area contributed by atoms with Gasteiger partial charge in [-0.05, 0) is 34.5 Å². The van der Waals surface area contributed by atoms with E-state index in [1.165, 1.54) is 0 Å². The molecule has 0 aromatic heterocycles. The first kappa shape index (κ1) is 14.0. The van der Waals surface area contributed by atoms with Crippen molar-refractivity contribution >= 4 is 21.9 Å². The number of ether oxygens (including phenoxy) is 2. The van der Waals surface area contributed by atoms with Crippen LogP contribution in [-0.2, 0) is 4.74 Å². The normalized spacial score (nSPS) is 10.2. The van der Waals surface area contributed by atoms with Crippen LogP contribution in [0.3, 0.4) is 0 Å². The Morgan fingerprint density at radius 2 is 2.12 bits per heavy atom. The van der Waals surface area contributed by atoms with E-state index >= 15 is 0 Å². The van der Waals surface area contributed by atoms with Gasteiger partial charge >= 0.3 is 5.97 Å². The summed E-state index contributed by atoms with van der Waals surface area (Å²) in [4.78, 5) is 11.0. The summed E-state index contributed by atoms with van der Waals surface area (Å²) in [6.45, 7) is 3.52. The Bertz CT molecular complexity index is 379. The Morgan fingerprint density at radius 1 is 1.35 bits per heavy atom. The van der Waals surface area contributed by atoms with Crippen LogP contribution in [0.1, 0.15) is 23.7 Å². The Kier molecular flexibility index (Phi) is 6.00. The van der Waals surface area contributed by atoms with Crippen LogP contribution in [0.25, 0.3) is 0 Å². The number of carbonyl (C=O) groups is 1. The van der Waals surface area contributed by atoms with Gasteiger partial charge in [0.1, 0.15) is 17.9 Å². The third-order valence-corrected chi connectivity index (χ3v) is 2.68. The first-order valence-electron chi connectivity index (χ1n) is 5.39. The molecule has 0 unspecified atom stereocenters. The summed E-state index contributed by atoms with van der Waals surface area (Å²) < 4.78 is 11.2. The van der Waals surface area contributed by atoms with Crippen molar-refractivity contribution in [1.82, 2.24) is 0 Å². The molecule has 0 bridgehead atoms.